The molecule has 1 heterocycles. The van der Waals surface area contributed by atoms with Gasteiger partial charge in [0.2, 0.25) is 0 Å². The molecule has 0 aliphatic carbocycles. The molecule has 0 fully saturated rings. The second-order valence-electron chi connectivity index (χ2n) is 5.53. The van der Waals surface area contributed by atoms with Gasteiger partial charge >= 0.3 is 0 Å². The van der Waals surface area contributed by atoms with E-state index in [0.29, 0.717) is 21.9 Å². The summed E-state index contributed by atoms with van der Waals surface area (Å²) < 4.78 is 2.79. The highest BCUT2D eigenvalue weighted by Gasteiger charge is 2.07. The van der Waals surface area contributed by atoms with Crippen molar-refractivity contribution in [2.45, 2.75) is 6.54 Å². The fraction of sp³-hybridized carbons (Fsp3) is 0.0526. The Kier molecular flexibility index (Phi) is 5.63. The van der Waals surface area contributed by atoms with E-state index in [-0.39, 0.29) is 5.69 Å². The highest BCUT2D eigenvalue weighted by Crippen LogP contribution is 2.22. The van der Waals surface area contributed by atoms with Gasteiger partial charge in [0.1, 0.15) is 0 Å². The van der Waals surface area contributed by atoms with Crippen LogP contribution in [0.4, 0.5) is 5.69 Å². The Labute approximate surface area is 163 Å². The number of non-ortho nitro benzene ring substituents is 1. The Balaban J connectivity index is 1.95. The largest absolute Gasteiger partial charge is 0.312 e. The smallest absolute Gasteiger partial charge is 0.272 e. The zero-order valence-corrected chi connectivity index (χ0v) is 15.6. The summed E-state index contributed by atoms with van der Waals surface area (Å²) in [5, 5.41) is 11.4. The maximum absolute atomic E-state index is 12.3. The average molecular weight is 400 g/mol. The lowest BCUT2D eigenvalue weighted by Gasteiger charge is -2.00. The zero-order chi connectivity index (χ0) is 19.4. The van der Waals surface area contributed by atoms with Gasteiger partial charge in [-0.1, -0.05) is 41.1 Å². The lowest BCUT2D eigenvalue weighted by atomic mass is 10.2. The van der Waals surface area contributed by atoms with Crippen LogP contribution >= 0.6 is 22.9 Å². The molecule has 27 heavy (non-hydrogen) atoms. The number of thiazole rings is 1. The molecule has 0 unspecified atom stereocenters. The Hall–Kier alpha value is -3.03. The summed E-state index contributed by atoms with van der Waals surface area (Å²) in [5.74, 6) is -0.461. The fourth-order valence-corrected chi connectivity index (χ4v) is 3.80. The molecule has 0 aliphatic heterocycles. The third-order valence-corrected chi connectivity index (χ3v) is 4.94. The maximum atomic E-state index is 12.3. The minimum atomic E-state index is -0.482. The van der Waals surface area contributed by atoms with Crippen LogP contribution < -0.4 is 4.80 Å². The first kappa shape index (κ1) is 18.8. The second-order valence-corrected chi connectivity index (χ2v) is 6.98. The van der Waals surface area contributed by atoms with Crippen LogP contribution in [-0.4, -0.2) is 15.4 Å². The van der Waals surface area contributed by atoms with Crippen molar-refractivity contribution in [3.63, 3.8) is 0 Å². The van der Waals surface area contributed by atoms with Gasteiger partial charge in [0, 0.05) is 29.8 Å². The number of rotatable bonds is 5. The zero-order valence-electron chi connectivity index (χ0n) is 14.0. The number of hydrogen-bond donors (Lipinski definition) is 0. The number of carbonyl (C=O) groups is 1. The van der Waals surface area contributed by atoms with E-state index in [0.717, 1.165) is 10.2 Å². The summed E-state index contributed by atoms with van der Waals surface area (Å²) in [6.45, 7) is 4.24. The minimum Gasteiger partial charge on any atom is -0.312 e. The number of nitrogens with zero attached hydrogens (tertiary/aromatic N) is 3. The summed E-state index contributed by atoms with van der Waals surface area (Å²) in [7, 11) is 0. The molecule has 0 bridgehead atoms. The van der Waals surface area contributed by atoms with Gasteiger partial charge in [0.25, 0.3) is 11.6 Å². The van der Waals surface area contributed by atoms with E-state index in [9.17, 15) is 14.9 Å². The number of allylic oxidation sites excluding steroid dienone is 1. The van der Waals surface area contributed by atoms with Crippen LogP contribution in [0.15, 0.2) is 66.2 Å². The quantitative estimate of drug-likeness (QED) is 0.272. The number of fused-ring (bicyclic) bond motifs is 1. The van der Waals surface area contributed by atoms with Crippen LogP contribution in [0.3, 0.4) is 0 Å². The van der Waals surface area contributed by atoms with Gasteiger partial charge in [0.15, 0.2) is 4.80 Å². The van der Waals surface area contributed by atoms with E-state index in [2.05, 4.69) is 11.6 Å². The maximum Gasteiger partial charge on any atom is 0.272 e. The van der Waals surface area contributed by atoms with E-state index >= 15 is 0 Å². The van der Waals surface area contributed by atoms with Crippen molar-refractivity contribution in [2.24, 2.45) is 4.99 Å². The predicted octanol–water partition coefficient (Wildman–Crippen LogP) is 4.59. The molecule has 2 aromatic carbocycles. The highest BCUT2D eigenvalue weighted by molar-refractivity contribution is 7.16. The summed E-state index contributed by atoms with van der Waals surface area (Å²) >= 11 is 7.39. The van der Waals surface area contributed by atoms with Crippen molar-refractivity contribution < 1.29 is 9.72 Å². The molecular formula is C19H14ClN3O3S. The van der Waals surface area contributed by atoms with Gasteiger partial charge in [0.05, 0.1) is 15.1 Å². The van der Waals surface area contributed by atoms with Gasteiger partial charge in [-0.25, -0.2) is 0 Å². The molecule has 136 valence electrons. The minimum absolute atomic E-state index is 0.0354. The van der Waals surface area contributed by atoms with Gasteiger partial charge < -0.3 is 4.57 Å². The molecule has 8 heteroatoms. The third-order valence-electron chi connectivity index (χ3n) is 3.66. The standard InChI is InChI=1S/C19H14ClN3O3S/c1-2-10-22-16-8-7-14(20)12-17(16)27-19(22)21-18(24)9-6-13-4-3-5-15(11-13)23(25)26/h2-9,11-12H,1,10H2. The molecule has 0 aliphatic rings. The number of carbonyl (C=O) groups excluding carboxylic acids is 1. The molecule has 1 amide bonds. The first-order chi connectivity index (χ1) is 13.0. The Bertz CT molecular complexity index is 1140. The van der Waals surface area contributed by atoms with E-state index < -0.39 is 10.8 Å². The van der Waals surface area contributed by atoms with E-state index in [1.54, 1.807) is 24.3 Å². The molecule has 0 spiro atoms. The highest BCUT2D eigenvalue weighted by atomic mass is 35.5. The number of nitro benzene ring substituents is 1. The van der Waals surface area contributed by atoms with Crippen LogP contribution in [0, 0.1) is 10.1 Å². The lowest BCUT2D eigenvalue weighted by Crippen LogP contribution is -2.15. The molecule has 0 radical (unpaired) electrons. The molecule has 0 N–H and O–H groups in total. The van der Waals surface area contributed by atoms with Gasteiger partial charge in [-0.15, -0.1) is 6.58 Å². The lowest BCUT2D eigenvalue weighted by molar-refractivity contribution is -0.384. The summed E-state index contributed by atoms with van der Waals surface area (Å²) in [5.41, 5.74) is 1.43. The molecule has 0 atom stereocenters. The van der Waals surface area contributed by atoms with Crippen molar-refractivity contribution in [2.75, 3.05) is 0 Å². The number of halogens is 1. The van der Waals surface area contributed by atoms with Crippen molar-refractivity contribution in [3.05, 3.63) is 86.7 Å². The number of aromatic nitrogens is 1. The van der Waals surface area contributed by atoms with Crippen molar-refractivity contribution >= 4 is 50.8 Å². The SMILES string of the molecule is C=CCn1c(=NC(=O)C=Cc2cccc([N+](=O)[O-])c2)sc2cc(Cl)ccc21. The monoisotopic (exact) mass is 399 g/mol. The van der Waals surface area contributed by atoms with Crippen molar-refractivity contribution in [3.8, 4) is 0 Å². The summed E-state index contributed by atoms with van der Waals surface area (Å²) in [6.07, 6.45) is 4.51. The van der Waals surface area contributed by atoms with Crippen LogP contribution in [0.2, 0.25) is 5.02 Å². The molecule has 3 rings (SSSR count). The molecule has 3 aromatic rings. The van der Waals surface area contributed by atoms with E-state index in [1.807, 2.05) is 16.7 Å². The summed E-state index contributed by atoms with van der Waals surface area (Å²) in [6, 6.07) is 11.5. The topological polar surface area (TPSA) is 77.5 Å². The van der Waals surface area contributed by atoms with Gasteiger partial charge in [-0.2, -0.15) is 4.99 Å². The first-order valence-electron chi connectivity index (χ1n) is 7.89. The number of amides is 1. The average Bonchev–Trinajstić information content (AvgIpc) is 2.97. The third kappa shape index (κ3) is 4.39. The predicted molar refractivity (Wildman–Crippen MR) is 108 cm³/mol. The van der Waals surface area contributed by atoms with E-state index in [1.165, 1.54) is 35.6 Å². The molecule has 1 aromatic heterocycles. The second kappa shape index (κ2) is 8.11. The molecular weight excluding hydrogens is 386 g/mol. The Morgan fingerprint density at radius 2 is 2.15 bits per heavy atom. The Morgan fingerprint density at radius 3 is 2.89 bits per heavy atom. The van der Waals surface area contributed by atoms with Crippen LogP contribution in [0.25, 0.3) is 16.3 Å². The molecule has 0 saturated carbocycles. The molecule has 0 saturated heterocycles. The normalized spacial score (nSPS) is 12.0. The van der Waals surface area contributed by atoms with E-state index in [4.69, 9.17) is 11.6 Å². The van der Waals surface area contributed by atoms with Crippen molar-refractivity contribution in [1.29, 1.82) is 0 Å². The van der Waals surface area contributed by atoms with Crippen LogP contribution in [0.1, 0.15) is 5.56 Å². The van der Waals surface area contributed by atoms with Crippen LogP contribution in [-0.2, 0) is 11.3 Å². The van der Waals surface area contributed by atoms with Gasteiger partial charge in [-0.3, -0.25) is 14.9 Å². The van der Waals surface area contributed by atoms with Crippen LogP contribution in [0.5, 0.6) is 0 Å². The van der Waals surface area contributed by atoms with Gasteiger partial charge in [-0.05, 0) is 29.8 Å². The number of hydrogen-bond acceptors (Lipinski definition) is 4. The Morgan fingerprint density at radius 1 is 1.33 bits per heavy atom. The summed E-state index contributed by atoms with van der Waals surface area (Å²) in [4.78, 5) is 27.3. The van der Waals surface area contributed by atoms with Crippen molar-refractivity contribution in [1.82, 2.24) is 4.57 Å². The molecule has 6 nitrogen and oxygen atoms in total. The first-order valence-corrected chi connectivity index (χ1v) is 9.08. The number of benzene rings is 2. The fourth-order valence-electron chi connectivity index (χ4n) is 2.48. The number of nitro groups is 1.